The van der Waals surface area contributed by atoms with Crippen molar-refractivity contribution in [3.8, 4) is 100 Å². The van der Waals surface area contributed by atoms with Gasteiger partial charge in [0.2, 0.25) is 0 Å². The number of rotatable bonds is 9. The van der Waals surface area contributed by atoms with Crippen LogP contribution < -0.4 is 0 Å². The zero-order chi connectivity index (χ0) is 82.3. The van der Waals surface area contributed by atoms with E-state index >= 15 is 0 Å². The molecule has 23 aromatic carbocycles. The molecule has 2 aromatic heterocycles. The number of fused-ring (bicyclic) bond motifs is 24. The first-order valence-corrected chi connectivity index (χ1v) is 44.4. The molecule has 580 valence electrons. The second-order valence-corrected chi connectivity index (χ2v) is 35.0. The summed E-state index contributed by atoms with van der Waals surface area (Å²) in [6, 6.07) is 165. The van der Waals surface area contributed by atoms with Crippen LogP contribution in [0.15, 0.2) is 449 Å². The maximum Gasteiger partial charge on any atom is 0.0433 e. The summed E-state index contributed by atoms with van der Waals surface area (Å²) in [5.74, 6) is 0. The normalized spacial score (nSPS) is 11.6. The van der Waals surface area contributed by atoms with Gasteiger partial charge in [0.15, 0.2) is 0 Å². The maximum atomic E-state index is 2.39. The first kappa shape index (κ1) is 73.9. The SMILES string of the molecule is Cc1cc(-c2cccc(-c3cc(-c4ccccc4)cc(-c4ccccc4)c3)c2)ccc1-c1ccc2c3ccccc3c3ccccc3c2c1.Cc1cc(-c2cccc3c2sc2ccccc23)ccc1-c1ccc2c3ccccc3c3ccccc3c2c1.c1cc(-c2ccc3c4ccccc4c4ccccc4c3c2)cc(-c2cccc3c2sc2ccccc23)c1. The topological polar surface area (TPSA) is 0 Å². The third kappa shape index (κ3) is 13.1. The quantitative estimate of drug-likeness (QED) is 0.126. The predicted octanol–water partition coefficient (Wildman–Crippen LogP) is 35.8. The van der Waals surface area contributed by atoms with Gasteiger partial charge in [-0.05, 0) is 283 Å². The summed E-state index contributed by atoms with van der Waals surface area (Å²) < 4.78 is 5.41. The van der Waals surface area contributed by atoms with E-state index in [1.807, 2.05) is 22.7 Å². The summed E-state index contributed by atoms with van der Waals surface area (Å²) in [6.07, 6.45) is 0. The third-order valence-electron chi connectivity index (χ3n) is 25.6. The van der Waals surface area contributed by atoms with E-state index in [1.165, 1.54) is 249 Å². The minimum absolute atomic E-state index is 1.21. The van der Waals surface area contributed by atoms with Gasteiger partial charge in [0.25, 0.3) is 0 Å². The Morgan fingerprint density at radius 1 is 0.121 bits per heavy atom. The Labute approximate surface area is 728 Å². The van der Waals surface area contributed by atoms with Crippen LogP contribution in [0.25, 0.3) is 237 Å². The highest BCUT2D eigenvalue weighted by molar-refractivity contribution is 7.26. The fourth-order valence-electron chi connectivity index (χ4n) is 19.6. The molecule has 25 aromatic rings. The van der Waals surface area contributed by atoms with E-state index in [9.17, 15) is 0 Å². The van der Waals surface area contributed by atoms with Crippen molar-refractivity contribution in [3.63, 3.8) is 0 Å². The molecule has 2 heteroatoms. The number of hydrogen-bond acceptors (Lipinski definition) is 2. The number of aryl methyl sites for hydroxylation is 2. The van der Waals surface area contributed by atoms with Crippen LogP contribution in [0.4, 0.5) is 0 Å². The molecule has 0 aliphatic rings. The minimum atomic E-state index is 1.21. The fourth-order valence-corrected chi connectivity index (χ4v) is 22.1. The first-order chi connectivity index (χ1) is 61.3. The zero-order valence-electron chi connectivity index (χ0n) is 68.5. The Kier molecular flexibility index (Phi) is 18.6. The summed E-state index contributed by atoms with van der Waals surface area (Å²) in [4.78, 5) is 0. The lowest BCUT2D eigenvalue weighted by Gasteiger charge is -2.14. The number of benzene rings is 23. The van der Waals surface area contributed by atoms with Crippen molar-refractivity contribution >= 4 is 160 Å². The van der Waals surface area contributed by atoms with E-state index in [-0.39, 0.29) is 0 Å². The molecule has 0 spiro atoms. The average Bonchev–Trinajstić information content (AvgIpc) is 1.07. The third-order valence-corrected chi connectivity index (χ3v) is 28.1. The van der Waals surface area contributed by atoms with Gasteiger partial charge in [-0.15, -0.1) is 22.7 Å². The molecule has 0 aliphatic heterocycles. The van der Waals surface area contributed by atoms with Crippen LogP contribution >= 0.6 is 22.7 Å². The summed E-state index contributed by atoms with van der Waals surface area (Å²) in [6.45, 7) is 4.48. The van der Waals surface area contributed by atoms with Gasteiger partial charge in [0.1, 0.15) is 0 Å². The zero-order valence-corrected chi connectivity index (χ0v) is 70.2. The van der Waals surface area contributed by atoms with E-state index in [4.69, 9.17) is 0 Å². The van der Waals surface area contributed by atoms with Gasteiger partial charge in [-0.2, -0.15) is 0 Å². The van der Waals surface area contributed by atoms with Gasteiger partial charge in [-0.25, -0.2) is 0 Å². The van der Waals surface area contributed by atoms with Crippen molar-refractivity contribution in [2.75, 3.05) is 0 Å². The molecule has 25 rings (SSSR count). The maximum absolute atomic E-state index is 2.39. The molecule has 0 unspecified atom stereocenters. The first-order valence-electron chi connectivity index (χ1n) is 42.8. The van der Waals surface area contributed by atoms with Gasteiger partial charge in [0, 0.05) is 40.3 Å². The Morgan fingerprint density at radius 2 is 0.339 bits per heavy atom. The molecule has 0 radical (unpaired) electrons. The molecule has 2 heterocycles. The molecule has 0 saturated carbocycles. The van der Waals surface area contributed by atoms with Crippen molar-refractivity contribution < 1.29 is 0 Å². The monoisotopic (exact) mass is 1610 g/mol. The Morgan fingerprint density at radius 3 is 0.726 bits per heavy atom. The van der Waals surface area contributed by atoms with Crippen LogP contribution in [-0.2, 0) is 0 Å². The molecule has 0 bridgehead atoms. The van der Waals surface area contributed by atoms with Gasteiger partial charge in [-0.1, -0.05) is 388 Å². The summed E-state index contributed by atoms with van der Waals surface area (Å²) in [5.41, 5.74) is 25.0. The summed E-state index contributed by atoms with van der Waals surface area (Å²) in [7, 11) is 0. The molecule has 0 fully saturated rings. The van der Waals surface area contributed by atoms with E-state index < -0.39 is 0 Å². The van der Waals surface area contributed by atoms with Crippen molar-refractivity contribution in [1.29, 1.82) is 0 Å². The van der Waals surface area contributed by atoms with Gasteiger partial charge >= 0.3 is 0 Å². The standard InChI is InChI=1S/C49H34.C37H24S.C36H22S/c1-33-27-38(23-25-43(33)39-24-26-48-46-21-9-8-19-44(46)45-20-10-11-22-47(45)49(48)32-39)36-17-12-18-37(28-36)42-30-40(34-13-4-2-5-14-34)29-41(31-42)35-15-6-3-7-16-35;1-23-21-24(27-14-8-15-34-33-13-6-7-16-36(33)38-37(27)34)17-19-26(23)25-18-20-32-30-11-3-2-9-28(30)29-10-4-5-12-31(29)35(32)22-25;1-2-13-29-27(11-1)28-12-3-4-14-30(28)34-22-24(19-20-31(29)34)23-9-7-10-25(21-23)26-16-8-17-33-32-15-5-6-18-35(32)37-36(26)33/h2-32H,1H3;2-22H,1H3;1-22H. The Hall–Kier alpha value is -15.2. The minimum Gasteiger partial charge on any atom is -0.135 e. The highest BCUT2D eigenvalue weighted by Gasteiger charge is 2.20. The lowest BCUT2D eigenvalue weighted by atomic mass is 9.90. The van der Waals surface area contributed by atoms with E-state index in [0.717, 1.165) is 0 Å². The Balaban J connectivity index is 0.000000109. The molecule has 0 N–H and O–H groups in total. The number of thiophene rings is 2. The lowest BCUT2D eigenvalue weighted by molar-refractivity contribution is 1.46. The van der Waals surface area contributed by atoms with E-state index in [2.05, 4.69) is 463 Å². The lowest BCUT2D eigenvalue weighted by Crippen LogP contribution is -1.89. The van der Waals surface area contributed by atoms with Crippen LogP contribution in [0.1, 0.15) is 11.1 Å². The van der Waals surface area contributed by atoms with Gasteiger partial charge < -0.3 is 0 Å². The molecular weight excluding hydrogens is 1530 g/mol. The predicted molar refractivity (Wildman–Crippen MR) is 541 cm³/mol. The van der Waals surface area contributed by atoms with Crippen LogP contribution in [0, 0.1) is 13.8 Å². The highest BCUT2D eigenvalue weighted by atomic mass is 32.1. The van der Waals surface area contributed by atoms with E-state index in [0.29, 0.717) is 0 Å². The smallest absolute Gasteiger partial charge is 0.0433 e. The van der Waals surface area contributed by atoms with Gasteiger partial charge in [-0.3, -0.25) is 0 Å². The largest absolute Gasteiger partial charge is 0.135 e. The molecule has 0 aliphatic carbocycles. The second kappa shape index (κ2) is 31.1. The van der Waals surface area contributed by atoms with E-state index in [1.54, 1.807) is 0 Å². The van der Waals surface area contributed by atoms with Crippen molar-refractivity contribution in [2.45, 2.75) is 13.8 Å². The molecular formula is C122H80S2. The van der Waals surface area contributed by atoms with Crippen molar-refractivity contribution in [1.82, 2.24) is 0 Å². The summed E-state index contributed by atoms with van der Waals surface area (Å²) in [5, 5.41) is 29.0. The second-order valence-electron chi connectivity index (χ2n) is 32.9. The van der Waals surface area contributed by atoms with Crippen LogP contribution in [0.5, 0.6) is 0 Å². The van der Waals surface area contributed by atoms with Crippen LogP contribution in [0.2, 0.25) is 0 Å². The van der Waals surface area contributed by atoms with Crippen LogP contribution in [-0.4, -0.2) is 0 Å². The molecule has 0 atom stereocenters. The molecule has 0 amide bonds. The Bertz CT molecular complexity index is 8410. The molecule has 0 nitrogen and oxygen atoms in total. The average molecular weight is 1610 g/mol. The highest BCUT2D eigenvalue weighted by Crippen LogP contribution is 2.47. The molecule has 0 saturated heterocycles. The molecule has 124 heavy (non-hydrogen) atoms. The van der Waals surface area contributed by atoms with Gasteiger partial charge in [0.05, 0.1) is 0 Å². The van der Waals surface area contributed by atoms with Crippen molar-refractivity contribution in [2.24, 2.45) is 0 Å². The fraction of sp³-hybridized carbons (Fsp3) is 0.0164. The van der Waals surface area contributed by atoms with Crippen molar-refractivity contribution in [3.05, 3.63) is 460 Å². The van der Waals surface area contributed by atoms with Crippen LogP contribution in [0.3, 0.4) is 0 Å². The summed E-state index contributed by atoms with van der Waals surface area (Å²) >= 11 is 3.78. The number of hydrogen-bond donors (Lipinski definition) is 0.